The third-order valence-electron chi connectivity index (χ3n) is 7.58. The molecule has 2 aromatic carbocycles. The third-order valence-corrected chi connectivity index (χ3v) is 7.58. The van der Waals surface area contributed by atoms with Crippen LogP contribution in [0.2, 0.25) is 0 Å². The van der Waals surface area contributed by atoms with Crippen molar-refractivity contribution >= 4 is 35.0 Å². The minimum atomic E-state index is -0.311. The molecule has 0 aliphatic heterocycles. The first-order chi connectivity index (χ1) is 21.6. The van der Waals surface area contributed by atoms with E-state index in [4.69, 9.17) is 0 Å². The summed E-state index contributed by atoms with van der Waals surface area (Å²) in [4.78, 5) is 28.6. The highest BCUT2D eigenvalue weighted by Gasteiger charge is 2.21. The van der Waals surface area contributed by atoms with Gasteiger partial charge in [-0.1, -0.05) is 36.8 Å². The van der Waals surface area contributed by atoms with Crippen molar-refractivity contribution in [3.63, 3.8) is 0 Å². The molecule has 6 rings (SSSR count). The first kappa shape index (κ1) is 28.4. The number of aromatic nitrogens is 5. The molecule has 1 aliphatic carbocycles. The molecule has 0 unspecified atom stereocenters. The fourth-order valence-electron chi connectivity index (χ4n) is 4.89. The number of carbonyl (C=O) groups excluding carboxylic acids is 1. The number of nitriles is 1. The largest absolute Gasteiger partial charge is 0.369 e. The Hall–Kier alpha value is -5.76. The molecule has 3 heterocycles. The van der Waals surface area contributed by atoms with Crippen molar-refractivity contribution in [2.45, 2.75) is 25.8 Å². The summed E-state index contributed by atoms with van der Waals surface area (Å²) in [6, 6.07) is 22.7. The van der Waals surface area contributed by atoms with Gasteiger partial charge in [-0.05, 0) is 60.7 Å². The molecule has 0 bridgehead atoms. The average Bonchev–Trinajstić information content (AvgIpc) is 3.47. The smallest absolute Gasteiger partial charge is 0.327 e. The summed E-state index contributed by atoms with van der Waals surface area (Å²) in [6.45, 7) is 1.16. The topological polar surface area (TPSA) is 137 Å². The van der Waals surface area contributed by atoms with E-state index >= 15 is 0 Å². The number of amides is 2. The molecular weight excluding hydrogens is 552 g/mol. The van der Waals surface area contributed by atoms with Crippen LogP contribution >= 0.6 is 0 Å². The number of nitrogens with one attached hydrogen (secondary N) is 3. The lowest BCUT2D eigenvalue weighted by molar-refractivity contribution is 0.248. The Morgan fingerprint density at radius 2 is 1.82 bits per heavy atom. The number of anilines is 5. The highest BCUT2D eigenvalue weighted by Crippen LogP contribution is 2.29. The number of rotatable bonds is 10. The standard InChI is InChI=1S/C33H32N10O/c1-42-22-27(21-39-42)25-10-15-30(35-19-25)43(33(44)38-18-23-6-3-2-4-7-23)29-13-11-28(12-14-29)40-32-37-20-26(16-34)31(41-32)36-17-24-8-5-9-24/h2-4,6-7,10-15,19-22,24H,5,8-9,17-18H2,1H3,(H,38,44)(H2,36,37,40,41). The van der Waals surface area contributed by atoms with Crippen LogP contribution in [0.15, 0.2) is 91.5 Å². The van der Waals surface area contributed by atoms with Gasteiger partial charge in [0.2, 0.25) is 5.95 Å². The molecule has 0 radical (unpaired) electrons. The molecule has 1 fully saturated rings. The predicted octanol–water partition coefficient (Wildman–Crippen LogP) is 6.15. The van der Waals surface area contributed by atoms with Crippen molar-refractivity contribution in [3.8, 4) is 17.2 Å². The summed E-state index contributed by atoms with van der Waals surface area (Å²) in [7, 11) is 1.86. The second kappa shape index (κ2) is 13.0. The van der Waals surface area contributed by atoms with Crippen LogP contribution in [0.4, 0.5) is 33.8 Å². The number of nitrogens with zero attached hydrogens (tertiary/aromatic N) is 7. The van der Waals surface area contributed by atoms with Gasteiger partial charge in [-0.25, -0.2) is 19.7 Å². The highest BCUT2D eigenvalue weighted by atomic mass is 16.2. The first-order valence-electron chi connectivity index (χ1n) is 14.5. The normalized spacial score (nSPS) is 12.5. The number of pyridine rings is 1. The van der Waals surface area contributed by atoms with E-state index < -0.39 is 0 Å². The number of aryl methyl sites for hydroxylation is 1. The Balaban J connectivity index is 1.21. The molecular formula is C33H32N10O. The Bertz CT molecular complexity index is 1760. The maximum absolute atomic E-state index is 13.6. The zero-order valence-electron chi connectivity index (χ0n) is 24.3. The monoisotopic (exact) mass is 584 g/mol. The molecule has 1 saturated carbocycles. The van der Waals surface area contributed by atoms with Crippen LogP contribution < -0.4 is 20.9 Å². The number of benzene rings is 2. The molecule has 3 N–H and O–H groups in total. The molecule has 44 heavy (non-hydrogen) atoms. The summed E-state index contributed by atoms with van der Waals surface area (Å²) in [6.07, 6.45) is 10.6. The van der Waals surface area contributed by atoms with E-state index in [-0.39, 0.29) is 6.03 Å². The van der Waals surface area contributed by atoms with Gasteiger partial charge < -0.3 is 16.0 Å². The number of urea groups is 1. The second-order valence-corrected chi connectivity index (χ2v) is 10.7. The van der Waals surface area contributed by atoms with Crippen LogP contribution in [-0.4, -0.2) is 37.3 Å². The van der Waals surface area contributed by atoms with Crippen molar-refractivity contribution in [1.29, 1.82) is 5.26 Å². The van der Waals surface area contributed by atoms with Crippen LogP contribution in [0.5, 0.6) is 0 Å². The number of carbonyl (C=O) groups is 1. The van der Waals surface area contributed by atoms with Gasteiger partial charge in [0.15, 0.2) is 0 Å². The van der Waals surface area contributed by atoms with E-state index in [1.165, 1.54) is 25.5 Å². The molecule has 0 atom stereocenters. The van der Waals surface area contributed by atoms with Crippen LogP contribution in [0.25, 0.3) is 11.1 Å². The van der Waals surface area contributed by atoms with Gasteiger partial charge in [0.1, 0.15) is 23.3 Å². The molecule has 0 spiro atoms. The number of hydrogen-bond acceptors (Lipinski definition) is 8. The van der Waals surface area contributed by atoms with Gasteiger partial charge in [-0.3, -0.25) is 4.68 Å². The molecule has 2 amide bonds. The Kier molecular flexibility index (Phi) is 8.41. The van der Waals surface area contributed by atoms with E-state index in [2.05, 4.69) is 42.1 Å². The van der Waals surface area contributed by atoms with E-state index in [1.807, 2.05) is 80.0 Å². The first-order valence-corrected chi connectivity index (χ1v) is 14.5. The molecule has 220 valence electrons. The van der Waals surface area contributed by atoms with Gasteiger partial charge in [-0.2, -0.15) is 15.3 Å². The van der Waals surface area contributed by atoms with Crippen LogP contribution in [0.1, 0.15) is 30.4 Å². The highest BCUT2D eigenvalue weighted by molar-refractivity contribution is 5.98. The molecule has 3 aromatic heterocycles. The minimum absolute atomic E-state index is 0.311. The van der Waals surface area contributed by atoms with Crippen molar-refractivity contribution in [2.75, 3.05) is 22.1 Å². The Morgan fingerprint density at radius 1 is 1.00 bits per heavy atom. The SMILES string of the molecule is Cn1cc(-c2ccc(N(C(=O)NCc3ccccc3)c3ccc(Nc4ncc(C#N)c(NCC5CCC5)n4)cc3)nc2)cn1. The molecule has 11 nitrogen and oxygen atoms in total. The minimum Gasteiger partial charge on any atom is -0.369 e. The van der Waals surface area contributed by atoms with Crippen molar-refractivity contribution in [1.82, 2.24) is 30.0 Å². The van der Waals surface area contributed by atoms with E-state index in [1.54, 1.807) is 22.0 Å². The fourth-order valence-corrected chi connectivity index (χ4v) is 4.89. The van der Waals surface area contributed by atoms with E-state index in [9.17, 15) is 10.1 Å². The predicted molar refractivity (Wildman–Crippen MR) is 170 cm³/mol. The summed E-state index contributed by atoms with van der Waals surface area (Å²) < 4.78 is 1.73. The summed E-state index contributed by atoms with van der Waals surface area (Å²) >= 11 is 0. The average molecular weight is 585 g/mol. The summed E-state index contributed by atoms with van der Waals surface area (Å²) in [5.74, 6) is 1.99. The van der Waals surface area contributed by atoms with Crippen molar-refractivity contribution < 1.29 is 4.79 Å². The van der Waals surface area contributed by atoms with Gasteiger partial charge >= 0.3 is 6.03 Å². The molecule has 1 aliphatic rings. The number of hydrogen-bond donors (Lipinski definition) is 3. The molecule has 5 aromatic rings. The second-order valence-electron chi connectivity index (χ2n) is 10.7. The van der Waals surface area contributed by atoms with Crippen LogP contribution in [0, 0.1) is 17.2 Å². The lowest BCUT2D eigenvalue weighted by atomic mass is 9.85. The molecule has 0 saturated heterocycles. The van der Waals surface area contributed by atoms with Gasteiger partial charge in [0, 0.05) is 49.3 Å². The lowest BCUT2D eigenvalue weighted by Crippen LogP contribution is -2.37. The van der Waals surface area contributed by atoms with Crippen molar-refractivity contribution in [3.05, 3.63) is 103 Å². The summed E-state index contributed by atoms with van der Waals surface area (Å²) in [5, 5.41) is 23.3. The maximum Gasteiger partial charge on any atom is 0.327 e. The zero-order valence-corrected chi connectivity index (χ0v) is 24.3. The quantitative estimate of drug-likeness (QED) is 0.178. The van der Waals surface area contributed by atoms with Crippen LogP contribution in [-0.2, 0) is 13.6 Å². The molecule has 11 heteroatoms. The van der Waals surface area contributed by atoms with Gasteiger partial charge in [0.25, 0.3) is 0 Å². The van der Waals surface area contributed by atoms with Gasteiger partial charge in [0.05, 0.1) is 18.1 Å². The Morgan fingerprint density at radius 3 is 2.48 bits per heavy atom. The third kappa shape index (κ3) is 6.65. The maximum atomic E-state index is 13.6. The lowest BCUT2D eigenvalue weighted by Gasteiger charge is -2.25. The van der Waals surface area contributed by atoms with Gasteiger partial charge in [-0.15, -0.1) is 0 Å². The fraction of sp³-hybridized carbons (Fsp3) is 0.212. The van der Waals surface area contributed by atoms with E-state index in [0.717, 1.165) is 28.9 Å². The van der Waals surface area contributed by atoms with Crippen LogP contribution in [0.3, 0.4) is 0 Å². The van der Waals surface area contributed by atoms with Crippen molar-refractivity contribution in [2.24, 2.45) is 13.0 Å². The Labute approximate surface area is 255 Å². The summed E-state index contributed by atoms with van der Waals surface area (Å²) in [5.41, 5.74) is 4.59. The zero-order chi connectivity index (χ0) is 30.3. The van der Waals surface area contributed by atoms with E-state index in [0.29, 0.717) is 41.3 Å².